The number of carboxylic acid groups (broad SMARTS) is 1. The van der Waals surface area contributed by atoms with Crippen LogP contribution in [0.1, 0.15) is 25.7 Å². The first-order chi connectivity index (χ1) is 9.88. The number of carbonyl (C=O) groups is 3. The molecule has 0 bridgehead atoms. The summed E-state index contributed by atoms with van der Waals surface area (Å²) in [6, 6.07) is -0.433. The van der Waals surface area contributed by atoms with Gasteiger partial charge in [0.15, 0.2) is 0 Å². The molecule has 1 rings (SSSR count). The molecule has 1 saturated carbocycles. The third-order valence-electron chi connectivity index (χ3n) is 3.53. The number of aliphatic carboxylic acids is 1. The second-order valence-corrected chi connectivity index (χ2v) is 5.33. The monoisotopic (exact) mass is 301 g/mol. The van der Waals surface area contributed by atoms with Crippen molar-refractivity contribution >= 4 is 17.9 Å². The van der Waals surface area contributed by atoms with Crippen molar-refractivity contribution in [1.29, 1.82) is 0 Å². The molecule has 1 aliphatic carbocycles. The molecule has 8 nitrogen and oxygen atoms in total. The molecule has 3 amide bonds. The summed E-state index contributed by atoms with van der Waals surface area (Å²) in [4.78, 5) is 35.7. The van der Waals surface area contributed by atoms with E-state index in [1.165, 1.54) is 19.1 Å². The highest BCUT2D eigenvalue weighted by Gasteiger charge is 2.41. The number of carbonyl (C=O) groups excluding carboxylic acids is 2. The summed E-state index contributed by atoms with van der Waals surface area (Å²) in [6.07, 6.45) is 2.11. The molecular formula is C13H23N3O5. The second-order valence-electron chi connectivity index (χ2n) is 5.33. The fourth-order valence-electron chi connectivity index (χ4n) is 2.20. The van der Waals surface area contributed by atoms with E-state index in [1.54, 1.807) is 0 Å². The summed E-state index contributed by atoms with van der Waals surface area (Å²) in [5, 5.41) is 14.2. The summed E-state index contributed by atoms with van der Waals surface area (Å²) in [5.74, 6) is -1.22. The molecule has 0 aliphatic heterocycles. The molecule has 0 atom stereocenters. The van der Waals surface area contributed by atoms with Crippen molar-refractivity contribution in [2.45, 2.75) is 31.2 Å². The van der Waals surface area contributed by atoms with E-state index in [2.05, 4.69) is 10.6 Å². The normalized spacial score (nSPS) is 15.7. The molecule has 8 heteroatoms. The average molecular weight is 301 g/mol. The SMILES string of the molecule is COCCNC(=O)CN(C)C(=O)NC1(CC(=O)O)CCC1. The minimum Gasteiger partial charge on any atom is -0.481 e. The lowest BCUT2D eigenvalue weighted by molar-refractivity contribution is -0.139. The van der Waals surface area contributed by atoms with Gasteiger partial charge in [0.05, 0.1) is 18.6 Å². The lowest BCUT2D eigenvalue weighted by Gasteiger charge is -2.42. The van der Waals surface area contributed by atoms with Gasteiger partial charge in [-0.3, -0.25) is 9.59 Å². The van der Waals surface area contributed by atoms with Crippen LogP contribution in [0.3, 0.4) is 0 Å². The topological polar surface area (TPSA) is 108 Å². The maximum atomic E-state index is 12.0. The van der Waals surface area contributed by atoms with Crippen LogP contribution in [0.2, 0.25) is 0 Å². The molecule has 21 heavy (non-hydrogen) atoms. The molecule has 0 heterocycles. The van der Waals surface area contributed by atoms with Crippen LogP contribution in [-0.2, 0) is 14.3 Å². The largest absolute Gasteiger partial charge is 0.481 e. The summed E-state index contributed by atoms with van der Waals surface area (Å²) in [6.45, 7) is 0.704. The molecule has 0 aromatic carbocycles. The van der Waals surface area contributed by atoms with Gasteiger partial charge in [0.2, 0.25) is 5.91 Å². The Balaban J connectivity index is 2.39. The smallest absolute Gasteiger partial charge is 0.318 e. The zero-order chi connectivity index (χ0) is 15.9. The van der Waals surface area contributed by atoms with Crippen LogP contribution in [0.5, 0.6) is 0 Å². The Morgan fingerprint density at radius 2 is 2.00 bits per heavy atom. The number of likely N-dealkylation sites (N-methyl/N-ethyl adjacent to an activating group) is 1. The minimum atomic E-state index is -0.935. The van der Waals surface area contributed by atoms with Crippen molar-refractivity contribution in [3.05, 3.63) is 0 Å². The van der Waals surface area contributed by atoms with Gasteiger partial charge in [-0.2, -0.15) is 0 Å². The zero-order valence-corrected chi connectivity index (χ0v) is 12.5. The third kappa shape index (κ3) is 5.58. The van der Waals surface area contributed by atoms with Gasteiger partial charge < -0.3 is 25.4 Å². The lowest BCUT2D eigenvalue weighted by Crippen LogP contribution is -2.58. The molecule has 0 aromatic rings. The Labute approximate surface area is 123 Å². The fraction of sp³-hybridized carbons (Fsp3) is 0.769. The predicted octanol–water partition coefficient (Wildman–Crippen LogP) is -0.212. The van der Waals surface area contributed by atoms with Gasteiger partial charge in [-0.25, -0.2) is 4.79 Å². The number of urea groups is 1. The maximum Gasteiger partial charge on any atom is 0.318 e. The third-order valence-corrected chi connectivity index (χ3v) is 3.53. The van der Waals surface area contributed by atoms with E-state index >= 15 is 0 Å². The first-order valence-electron chi connectivity index (χ1n) is 6.89. The Hall–Kier alpha value is -1.83. The van der Waals surface area contributed by atoms with Gasteiger partial charge in [0.1, 0.15) is 6.54 Å². The number of rotatable bonds is 8. The highest BCUT2D eigenvalue weighted by atomic mass is 16.5. The Bertz CT molecular complexity index is 395. The van der Waals surface area contributed by atoms with Gasteiger partial charge in [-0.05, 0) is 19.3 Å². The molecule has 0 unspecified atom stereocenters. The number of methoxy groups -OCH3 is 1. The molecular weight excluding hydrogens is 278 g/mol. The zero-order valence-electron chi connectivity index (χ0n) is 12.5. The van der Waals surface area contributed by atoms with E-state index in [4.69, 9.17) is 9.84 Å². The van der Waals surface area contributed by atoms with Gasteiger partial charge in [0.25, 0.3) is 0 Å². The van der Waals surface area contributed by atoms with Crippen molar-refractivity contribution in [3.63, 3.8) is 0 Å². The summed E-state index contributed by atoms with van der Waals surface area (Å²) in [5.41, 5.74) is -0.663. The number of nitrogens with one attached hydrogen (secondary N) is 2. The first kappa shape index (κ1) is 17.2. The van der Waals surface area contributed by atoms with Crippen LogP contribution in [-0.4, -0.2) is 67.3 Å². The van der Waals surface area contributed by atoms with Crippen LogP contribution in [0, 0.1) is 0 Å². The predicted molar refractivity (Wildman–Crippen MR) is 74.9 cm³/mol. The van der Waals surface area contributed by atoms with E-state index < -0.39 is 17.5 Å². The van der Waals surface area contributed by atoms with Gasteiger partial charge in [-0.15, -0.1) is 0 Å². The van der Waals surface area contributed by atoms with Crippen LogP contribution in [0.15, 0.2) is 0 Å². The van der Waals surface area contributed by atoms with Crippen LogP contribution < -0.4 is 10.6 Å². The minimum absolute atomic E-state index is 0.0846. The Morgan fingerprint density at radius 1 is 1.33 bits per heavy atom. The first-order valence-corrected chi connectivity index (χ1v) is 6.89. The number of ether oxygens (including phenoxy) is 1. The Morgan fingerprint density at radius 3 is 2.48 bits per heavy atom. The van der Waals surface area contributed by atoms with Gasteiger partial charge in [0, 0.05) is 20.7 Å². The number of carboxylic acids is 1. The maximum absolute atomic E-state index is 12.0. The van der Waals surface area contributed by atoms with Crippen molar-refractivity contribution in [3.8, 4) is 0 Å². The van der Waals surface area contributed by atoms with Crippen LogP contribution in [0.25, 0.3) is 0 Å². The molecule has 0 saturated heterocycles. The van der Waals surface area contributed by atoms with Gasteiger partial charge >= 0.3 is 12.0 Å². The second kappa shape index (κ2) is 7.82. The molecule has 3 N–H and O–H groups in total. The van der Waals surface area contributed by atoms with E-state index in [1.807, 2.05) is 0 Å². The van der Waals surface area contributed by atoms with Crippen molar-refractivity contribution in [2.24, 2.45) is 0 Å². The summed E-state index contributed by atoms with van der Waals surface area (Å²) < 4.78 is 4.81. The standard InChI is InChI=1S/C13H23N3O5/c1-16(9-10(17)14-6-7-21-2)12(20)15-13(4-3-5-13)8-11(18)19/h3-9H2,1-2H3,(H,14,17)(H,15,20)(H,18,19). The van der Waals surface area contributed by atoms with E-state index in [-0.39, 0.29) is 18.9 Å². The molecule has 1 fully saturated rings. The van der Waals surface area contributed by atoms with Crippen LogP contribution in [0.4, 0.5) is 4.79 Å². The van der Waals surface area contributed by atoms with Crippen LogP contribution >= 0.6 is 0 Å². The number of nitrogens with zero attached hydrogens (tertiary/aromatic N) is 1. The molecule has 120 valence electrons. The number of hydrogen-bond acceptors (Lipinski definition) is 4. The number of amides is 3. The highest BCUT2D eigenvalue weighted by molar-refractivity contribution is 5.84. The number of hydrogen-bond donors (Lipinski definition) is 3. The fourth-order valence-corrected chi connectivity index (χ4v) is 2.20. The van der Waals surface area contributed by atoms with E-state index in [0.717, 1.165) is 6.42 Å². The van der Waals surface area contributed by atoms with Crippen molar-refractivity contribution < 1.29 is 24.2 Å². The summed E-state index contributed by atoms with van der Waals surface area (Å²) >= 11 is 0. The average Bonchev–Trinajstić information content (AvgIpc) is 2.35. The molecule has 0 aromatic heterocycles. The van der Waals surface area contributed by atoms with E-state index in [0.29, 0.717) is 26.0 Å². The Kier molecular flexibility index (Phi) is 6.41. The van der Waals surface area contributed by atoms with Crippen molar-refractivity contribution in [2.75, 3.05) is 33.9 Å². The van der Waals surface area contributed by atoms with E-state index in [9.17, 15) is 14.4 Å². The quantitative estimate of drug-likeness (QED) is 0.538. The highest BCUT2D eigenvalue weighted by Crippen LogP contribution is 2.34. The molecule has 0 spiro atoms. The van der Waals surface area contributed by atoms with Gasteiger partial charge in [-0.1, -0.05) is 0 Å². The molecule has 0 radical (unpaired) electrons. The lowest BCUT2D eigenvalue weighted by atomic mass is 9.74. The summed E-state index contributed by atoms with van der Waals surface area (Å²) in [7, 11) is 3.03. The van der Waals surface area contributed by atoms with Crippen molar-refractivity contribution in [1.82, 2.24) is 15.5 Å². The molecule has 1 aliphatic rings.